The Morgan fingerprint density at radius 2 is 1.92 bits per heavy atom. The molecule has 134 valence electrons. The Balaban J connectivity index is 2.19. The zero-order valence-electron chi connectivity index (χ0n) is 14.1. The summed E-state index contributed by atoms with van der Waals surface area (Å²) < 4.78 is 44.5. The summed E-state index contributed by atoms with van der Waals surface area (Å²) in [6, 6.07) is 10.3. The van der Waals surface area contributed by atoms with Gasteiger partial charge in [0.15, 0.2) is 0 Å². The van der Waals surface area contributed by atoms with Gasteiger partial charge in [0.25, 0.3) is 0 Å². The van der Waals surface area contributed by atoms with Gasteiger partial charge < -0.3 is 10.1 Å². The first-order chi connectivity index (χ1) is 11.8. The molecule has 0 radical (unpaired) electrons. The van der Waals surface area contributed by atoms with Crippen LogP contribution in [0.15, 0.2) is 47.4 Å². The normalized spacial score (nSPS) is 11.4. The minimum absolute atomic E-state index is 0.00700. The van der Waals surface area contributed by atoms with E-state index in [1.807, 2.05) is 19.1 Å². The maximum absolute atomic E-state index is 13.5. The zero-order valence-corrected chi connectivity index (χ0v) is 14.9. The highest BCUT2D eigenvalue weighted by molar-refractivity contribution is 7.89. The first-order valence-corrected chi connectivity index (χ1v) is 8.85. The summed E-state index contributed by atoms with van der Waals surface area (Å²) in [5.41, 5.74) is 1.45. The van der Waals surface area contributed by atoms with Crippen LogP contribution < -0.4 is 10.1 Å². The van der Waals surface area contributed by atoms with Crippen molar-refractivity contribution in [1.82, 2.24) is 4.31 Å². The predicted octanol–water partition coefficient (Wildman–Crippen LogP) is 2.40. The van der Waals surface area contributed by atoms with E-state index in [0.717, 1.165) is 22.0 Å². The molecule has 0 atom stereocenters. The van der Waals surface area contributed by atoms with Gasteiger partial charge in [-0.15, -0.1) is 0 Å². The fourth-order valence-electron chi connectivity index (χ4n) is 2.21. The number of likely N-dealkylation sites (N-methyl/N-ethyl adjacent to an activating group) is 1. The summed E-state index contributed by atoms with van der Waals surface area (Å²) in [7, 11) is -1.56. The first kappa shape index (κ1) is 18.9. The molecule has 0 spiro atoms. The second-order valence-corrected chi connectivity index (χ2v) is 7.43. The number of hydrogen-bond donors (Lipinski definition) is 1. The van der Waals surface area contributed by atoms with E-state index in [-0.39, 0.29) is 10.6 Å². The summed E-state index contributed by atoms with van der Waals surface area (Å²) in [6.07, 6.45) is 0. The lowest BCUT2D eigenvalue weighted by atomic mass is 10.2. The highest BCUT2D eigenvalue weighted by atomic mass is 32.2. The van der Waals surface area contributed by atoms with E-state index in [0.29, 0.717) is 5.69 Å². The van der Waals surface area contributed by atoms with Gasteiger partial charge in [-0.25, -0.2) is 12.8 Å². The van der Waals surface area contributed by atoms with Crippen LogP contribution in [0.3, 0.4) is 0 Å². The van der Waals surface area contributed by atoms with Crippen molar-refractivity contribution >= 4 is 21.6 Å². The van der Waals surface area contributed by atoms with Crippen LogP contribution in [-0.2, 0) is 14.8 Å². The Morgan fingerprint density at radius 3 is 2.56 bits per heavy atom. The number of anilines is 1. The van der Waals surface area contributed by atoms with Crippen molar-refractivity contribution in [3.63, 3.8) is 0 Å². The number of carbonyl (C=O) groups is 1. The molecule has 0 saturated heterocycles. The lowest BCUT2D eigenvalue weighted by Gasteiger charge is -2.19. The predicted molar refractivity (Wildman–Crippen MR) is 92.6 cm³/mol. The molecule has 0 fully saturated rings. The molecule has 0 aliphatic heterocycles. The van der Waals surface area contributed by atoms with Crippen LogP contribution in [0.5, 0.6) is 5.75 Å². The minimum atomic E-state index is -4.09. The lowest BCUT2D eigenvalue weighted by Crippen LogP contribution is -2.35. The average molecular weight is 366 g/mol. The Labute approximate surface area is 146 Å². The number of aryl methyl sites for hydroxylation is 1. The standard InChI is InChI=1S/C17H19FN2O4S/c1-12-6-4-5-7-14(12)19-17(21)11-20(2)25(22,23)16-10-13(18)8-9-15(16)24-3/h4-10H,11H2,1-3H3,(H,19,21). The molecule has 2 aromatic carbocycles. The molecular weight excluding hydrogens is 347 g/mol. The molecule has 6 nitrogen and oxygen atoms in total. The highest BCUT2D eigenvalue weighted by Gasteiger charge is 2.27. The first-order valence-electron chi connectivity index (χ1n) is 7.41. The molecule has 1 amide bonds. The SMILES string of the molecule is COc1ccc(F)cc1S(=O)(=O)N(C)CC(=O)Nc1ccccc1C. The number of para-hydroxylation sites is 1. The fraction of sp³-hybridized carbons (Fsp3) is 0.235. The van der Waals surface area contributed by atoms with Crippen LogP contribution in [0.25, 0.3) is 0 Å². The Morgan fingerprint density at radius 1 is 1.24 bits per heavy atom. The van der Waals surface area contributed by atoms with E-state index >= 15 is 0 Å². The van der Waals surface area contributed by atoms with Crippen LogP contribution in [0.2, 0.25) is 0 Å². The van der Waals surface area contributed by atoms with Crippen LogP contribution in [-0.4, -0.2) is 39.3 Å². The Hall–Kier alpha value is -2.45. The van der Waals surface area contributed by atoms with Gasteiger partial charge >= 0.3 is 0 Å². The average Bonchev–Trinajstić information content (AvgIpc) is 2.56. The van der Waals surface area contributed by atoms with Crippen molar-refractivity contribution in [3.8, 4) is 5.75 Å². The summed E-state index contributed by atoms with van der Waals surface area (Å²) in [5.74, 6) is -1.21. The van der Waals surface area contributed by atoms with Gasteiger partial charge in [0.05, 0.1) is 13.7 Å². The van der Waals surface area contributed by atoms with Crippen LogP contribution in [0, 0.1) is 12.7 Å². The van der Waals surface area contributed by atoms with E-state index in [2.05, 4.69) is 5.32 Å². The maximum atomic E-state index is 13.5. The number of nitrogens with zero attached hydrogens (tertiary/aromatic N) is 1. The Kier molecular flexibility index (Phi) is 5.76. The molecule has 0 saturated carbocycles. The molecule has 1 N–H and O–H groups in total. The molecule has 0 unspecified atom stereocenters. The largest absolute Gasteiger partial charge is 0.495 e. The molecule has 0 aromatic heterocycles. The lowest BCUT2D eigenvalue weighted by molar-refractivity contribution is -0.116. The third-order valence-electron chi connectivity index (χ3n) is 3.60. The molecule has 0 heterocycles. The van der Waals surface area contributed by atoms with E-state index in [1.165, 1.54) is 20.2 Å². The monoisotopic (exact) mass is 366 g/mol. The summed E-state index contributed by atoms with van der Waals surface area (Å²) in [5, 5.41) is 2.65. The Bertz CT molecular complexity index is 884. The fourth-order valence-corrected chi connectivity index (χ4v) is 3.50. The van der Waals surface area contributed by atoms with E-state index in [1.54, 1.807) is 12.1 Å². The van der Waals surface area contributed by atoms with Crippen molar-refractivity contribution in [2.45, 2.75) is 11.8 Å². The van der Waals surface area contributed by atoms with Gasteiger partial charge in [0.2, 0.25) is 15.9 Å². The second-order valence-electron chi connectivity index (χ2n) is 5.42. The molecule has 0 aliphatic carbocycles. The number of halogens is 1. The van der Waals surface area contributed by atoms with Crippen molar-refractivity contribution < 1.29 is 22.3 Å². The molecule has 0 bridgehead atoms. The third-order valence-corrected chi connectivity index (χ3v) is 5.42. The number of ether oxygens (including phenoxy) is 1. The summed E-state index contributed by atoms with van der Waals surface area (Å²) in [6.45, 7) is 1.41. The van der Waals surface area contributed by atoms with Gasteiger partial charge in [0.1, 0.15) is 16.5 Å². The maximum Gasteiger partial charge on any atom is 0.247 e. The number of carbonyl (C=O) groups excluding carboxylic acids is 1. The van der Waals surface area contributed by atoms with Gasteiger partial charge in [-0.3, -0.25) is 4.79 Å². The number of amides is 1. The number of benzene rings is 2. The van der Waals surface area contributed by atoms with Crippen molar-refractivity contribution in [3.05, 3.63) is 53.8 Å². The smallest absolute Gasteiger partial charge is 0.247 e. The molecule has 25 heavy (non-hydrogen) atoms. The molecule has 8 heteroatoms. The van der Waals surface area contributed by atoms with Gasteiger partial charge in [-0.05, 0) is 36.8 Å². The van der Waals surface area contributed by atoms with E-state index in [4.69, 9.17) is 4.74 Å². The van der Waals surface area contributed by atoms with Gasteiger partial charge in [-0.2, -0.15) is 4.31 Å². The van der Waals surface area contributed by atoms with Crippen LogP contribution >= 0.6 is 0 Å². The number of sulfonamides is 1. The van der Waals surface area contributed by atoms with Gasteiger partial charge in [-0.1, -0.05) is 18.2 Å². The van der Waals surface area contributed by atoms with Crippen molar-refractivity contribution in [2.75, 3.05) is 26.0 Å². The van der Waals surface area contributed by atoms with Crippen LogP contribution in [0.4, 0.5) is 10.1 Å². The van der Waals surface area contributed by atoms with Crippen molar-refractivity contribution in [2.24, 2.45) is 0 Å². The van der Waals surface area contributed by atoms with Gasteiger partial charge in [0, 0.05) is 12.7 Å². The topological polar surface area (TPSA) is 75.7 Å². The molecule has 2 aromatic rings. The second kappa shape index (κ2) is 7.62. The molecule has 2 rings (SSSR count). The number of methoxy groups -OCH3 is 1. The molecular formula is C17H19FN2O4S. The summed E-state index contributed by atoms with van der Waals surface area (Å²) >= 11 is 0. The quantitative estimate of drug-likeness (QED) is 0.852. The van der Waals surface area contributed by atoms with E-state index in [9.17, 15) is 17.6 Å². The van der Waals surface area contributed by atoms with Crippen molar-refractivity contribution in [1.29, 1.82) is 0 Å². The van der Waals surface area contributed by atoms with E-state index < -0.39 is 28.3 Å². The number of hydrogen-bond acceptors (Lipinski definition) is 4. The number of nitrogens with one attached hydrogen (secondary N) is 1. The van der Waals surface area contributed by atoms with Crippen LogP contribution in [0.1, 0.15) is 5.56 Å². The molecule has 0 aliphatic rings. The number of rotatable bonds is 6. The third kappa shape index (κ3) is 4.34. The highest BCUT2D eigenvalue weighted by Crippen LogP contribution is 2.26. The zero-order chi connectivity index (χ0) is 18.6. The minimum Gasteiger partial charge on any atom is -0.495 e. The summed E-state index contributed by atoms with van der Waals surface area (Å²) in [4.78, 5) is 11.8.